The molecule has 0 bridgehead atoms. The van der Waals surface area contributed by atoms with E-state index in [0.29, 0.717) is 0 Å². The molecule has 0 fully saturated rings. The monoisotopic (exact) mass is 889 g/mol. The van der Waals surface area contributed by atoms with Crippen LogP contribution in [0.5, 0.6) is 0 Å². The highest BCUT2D eigenvalue weighted by Gasteiger charge is 2.52. The van der Waals surface area contributed by atoms with Crippen molar-refractivity contribution >= 4 is 60.7 Å². The Morgan fingerprint density at radius 3 is 1.23 bits per heavy atom. The second-order valence-corrected chi connectivity index (χ2v) is 18.8. The van der Waals surface area contributed by atoms with Gasteiger partial charge in [0.05, 0.1) is 38.9 Å². The Labute approximate surface area is 406 Å². The summed E-state index contributed by atoms with van der Waals surface area (Å²) in [6.07, 6.45) is 0. The lowest BCUT2D eigenvalue weighted by Crippen LogP contribution is -2.36. The molecule has 3 heteroatoms. The number of aromatic nitrogens is 2. The average molecular weight is 890 g/mol. The predicted octanol–water partition coefficient (Wildman–Crippen LogP) is 17.4. The fraction of sp³-hybridized carbons (Fsp3) is 0.0149. The molecule has 2 aromatic heterocycles. The number of nitrogens with zero attached hydrogens (tertiary/aromatic N) is 3. The van der Waals surface area contributed by atoms with Gasteiger partial charge in [-0.2, -0.15) is 0 Å². The van der Waals surface area contributed by atoms with Crippen LogP contribution in [0.25, 0.3) is 88.4 Å². The Bertz CT molecular complexity index is 4170. The fourth-order valence-electron chi connectivity index (χ4n) is 12.4. The van der Waals surface area contributed by atoms with Crippen molar-refractivity contribution in [3.05, 3.63) is 283 Å². The Morgan fingerprint density at radius 2 is 0.657 bits per heavy atom. The van der Waals surface area contributed by atoms with Crippen LogP contribution in [0, 0.1) is 0 Å². The van der Waals surface area contributed by atoms with Gasteiger partial charge in [0.1, 0.15) is 0 Å². The molecule has 13 aromatic rings. The first-order valence-electron chi connectivity index (χ1n) is 24.3. The fourth-order valence-corrected chi connectivity index (χ4v) is 12.4. The van der Waals surface area contributed by atoms with Gasteiger partial charge in [0.25, 0.3) is 0 Å². The van der Waals surface area contributed by atoms with Crippen LogP contribution >= 0.6 is 0 Å². The van der Waals surface area contributed by atoms with E-state index >= 15 is 0 Å². The van der Waals surface area contributed by atoms with Crippen molar-refractivity contribution in [3.63, 3.8) is 0 Å². The summed E-state index contributed by atoms with van der Waals surface area (Å²) in [4.78, 5) is 2.47. The number of para-hydroxylation sites is 6. The highest BCUT2D eigenvalue weighted by atomic mass is 15.2. The van der Waals surface area contributed by atoms with Gasteiger partial charge in [-0.15, -0.1) is 0 Å². The summed E-state index contributed by atoms with van der Waals surface area (Å²) in [6, 6.07) is 96.8. The van der Waals surface area contributed by atoms with Gasteiger partial charge in [-0.05, 0) is 141 Å². The summed E-state index contributed by atoms with van der Waals surface area (Å²) in [5, 5.41) is 4.98. The zero-order chi connectivity index (χ0) is 45.9. The van der Waals surface area contributed by atoms with Crippen molar-refractivity contribution < 1.29 is 0 Å². The van der Waals surface area contributed by atoms with E-state index in [0.717, 1.165) is 17.1 Å². The van der Waals surface area contributed by atoms with E-state index in [4.69, 9.17) is 0 Å². The Kier molecular flexibility index (Phi) is 8.28. The number of hydrogen-bond donors (Lipinski definition) is 0. The lowest BCUT2D eigenvalue weighted by molar-refractivity contribution is 0.754. The predicted molar refractivity (Wildman–Crippen MR) is 292 cm³/mol. The van der Waals surface area contributed by atoms with E-state index in [9.17, 15) is 0 Å². The zero-order valence-electron chi connectivity index (χ0n) is 38.2. The van der Waals surface area contributed by atoms with Gasteiger partial charge in [-0.1, -0.05) is 176 Å². The lowest BCUT2D eigenvalue weighted by atomic mass is 9.64. The number of hydrogen-bond acceptors (Lipinski definition) is 1. The van der Waals surface area contributed by atoms with E-state index in [-0.39, 0.29) is 0 Å². The van der Waals surface area contributed by atoms with Gasteiger partial charge >= 0.3 is 0 Å². The number of anilines is 3. The van der Waals surface area contributed by atoms with Crippen LogP contribution in [0.1, 0.15) is 22.3 Å². The van der Waals surface area contributed by atoms with Crippen LogP contribution < -0.4 is 4.90 Å². The molecule has 326 valence electrons. The van der Waals surface area contributed by atoms with E-state index in [1.54, 1.807) is 0 Å². The molecule has 0 unspecified atom stereocenters. The largest absolute Gasteiger partial charge is 0.310 e. The number of benzene rings is 11. The molecule has 1 aliphatic heterocycles. The molecule has 0 saturated heterocycles. The topological polar surface area (TPSA) is 13.1 Å². The summed E-state index contributed by atoms with van der Waals surface area (Å²) < 4.78 is 4.98. The first-order chi connectivity index (χ1) is 34.7. The van der Waals surface area contributed by atoms with Crippen molar-refractivity contribution in [2.75, 3.05) is 4.90 Å². The van der Waals surface area contributed by atoms with Crippen LogP contribution in [-0.2, 0) is 5.41 Å². The molecule has 3 heterocycles. The quantitative estimate of drug-likeness (QED) is 0.168. The van der Waals surface area contributed by atoms with Crippen molar-refractivity contribution in [2.45, 2.75) is 5.41 Å². The molecular weight excluding hydrogens is 847 g/mol. The maximum atomic E-state index is 2.56. The molecule has 15 rings (SSSR count). The van der Waals surface area contributed by atoms with E-state index in [2.05, 4.69) is 275 Å². The molecule has 70 heavy (non-hydrogen) atoms. The van der Waals surface area contributed by atoms with Crippen LogP contribution in [0.4, 0.5) is 17.1 Å². The Morgan fingerprint density at radius 1 is 0.243 bits per heavy atom. The molecule has 11 aromatic carbocycles. The minimum absolute atomic E-state index is 0.673. The second-order valence-electron chi connectivity index (χ2n) is 18.8. The van der Waals surface area contributed by atoms with E-state index < -0.39 is 5.41 Å². The summed E-state index contributed by atoms with van der Waals surface area (Å²) >= 11 is 0. The molecule has 0 N–H and O–H groups in total. The molecule has 1 spiro atoms. The molecule has 1 aliphatic carbocycles. The van der Waals surface area contributed by atoms with Crippen LogP contribution in [0.3, 0.4) is 0 Å². The van der Waals surface area contributed by atoms with Gasteiger partial charge in [0.15, 0.2) is 0 Å². The van der Waals surface area contributed by atoms with Crippen LogP contribution in [0.2, 0.25) is 0 Å². The normalized spacial score (nSPS) is 13.2. The standard InChI is InChI=1S/C67H43N3/c1-4-19-44(20-5-1)45-35-37-46(38-36-45)47-21-18-26-50(39-47)70-62-32-15-11-28-52(62)56-41-54-53-40-55-51-27-10-14-31-61(51)68(48-22-6-2-7-23-48)65(55)42-59(53)67(60(54)43-66(56)70)57-29-12-16-33-63(57)69(49-24-8-3-9-25-49)64-34-17-13-30-58(64)67/h1-43H. The third-order valence-electron chi connectivity index (χ3n) is 15.3. The minimum Gasteiger partial charge on any atom is -0.310 e. The third kappa shape index (κ3) is 5.40. The Balaban J connectivity index is 1.04. The van der Waals surface area contributed by atoms with Gasteiger partial charge in [0, 0.05) is 38.6 Å². The minimum atomic E-state index is -0.673. The van der Waals surface area contributed by atoms with Crippen molar-refractivity contribution in [2.24, 2.45) is 0 Å². The molecule has 2 aliphatic rings. The van der Waals surface area contributed by atoms with E-state index in [1.165, 1.54) is 111 Å². The maximum absolute atomic E-state index is 2.56. The molecule has 3 nitrogen and oxygen atoms in total. The molecular formula is C67H43N3. The first kappa shape index (κ1) is 38.9. The van der Waals surface area contributed by atoms with Crippen molar-refractivity contribution in [1.82, 2.24) is 9.13 Å². The van der Waals surface area contributed by atoms with Gasteiger partial charge in [-0.25, -0.2) is 0 Å². The van der Waals surface area contributed by atoms with Crippen LogP contribution in [-0.4, -0.2) is 9.13 Å². The molecule has 0 amide bonds. The van der Waals surface area contributed by atoms with Crippen molar-refractivity contribution in [3.8, 4) is 44.8 Å². The van der Waals surface area contributed by atoms with Crippen molar-refractivity contribution in [1.29, 1.82) is 0 Å². The Hall–Kier alpha value is -9.18. The summed E-state index contributed by atoms with van der Waals surface area (Å²) in [6.45, 7) is 0. The smallest absolute Gasteiger partial charge is 0.0755 e. The lowest BCUT2D eigenvalue weighted by Gasteiger charge is -2.45. The highest BCUT2D eigenvalue weighted by Crippen LogP contribution is 2.65. The highest BCUT2D eigenvalue weighted by molar-refractivity contribution is 6.15. The molecule has 0 radical (unpaired) electrons. The average Bonchev–Trinajstić information content (AvgIpc) is 4.04. The van der Waals surface area contributed by atoms with Gasteiger partial charge in [-0.3, -0.25) is 0 Å². The first-order valence-corrected chi connectivity index (χ1v) is 24.3. The summed E-state index contributed by atoms with van der Waals surface area (Å²) in [5.41, 5.74) is 22.4. The number of rotatable bonds is 5. The zero-order valence-corrected chi connectivity index (χ0v) is 38.2. The van der Waals surface area contributed by atoms with E-state index in [1.807, 2.05) is 0 Å². The molecule has 0 saturated carbocycles. The second kappa shape index (κ2) is 14.9. The van der Waals surface area contributed by atoms with Crippen LogP contribution in [0.15, 0.2) is 261 Å². The SMILES string of the molecule is c1ccc(-c2ccc(-c3cccc(-n4c5ccccc5c5cc6c(cc54)C4(c5cc7c(cc5-6)c5ccccc5n7-c5ccccc5)c5ccccc5N(c5ccccc5)c5ccccc54)c3)cc2)cc1. The summed E-state index contributed by atoms with van der Waals surface area (Å²) in [5.74, 6) is 0. The molecule has 0 atom stereocenters. The van der Waals surface area contributed by atoms with Gasteiger partial charge < -0.3 is 14.0 Å². The van der Waals surface area contributed by atoms with Gasteiger partial charge in [0.2, 0.25) is 0 Å². The maximum Gasteiger partial charge on any atom is 0.0755 e. The summed E-state index contributed by atoms with van der Waals surface area (Å²) in [7, 11) is 0. The third-order valence-corrected chi connectivity index (χ3v) is 15.3. The number of fused-ring (bicyclic) bond motifs is 15.